The van der Waals surface area contributed by atoms with E-state index in [1.165, 1.54) is 0 Å². The van der Waals surface area contributed by atoms with Crippen LogP contribution >= 0.6 is 0 Å². The molecule has 122 valence electrons. The van der Waals surface area contributed by atoms with Crippen LogP contribution < -0.4 is 21.1 Å². The van der Waals surface area contributed by atoms with Crippen LogP contribution in [0, 0.1) is 12.8 Å². The number of carbonyl (C=O) groups is 2. The summed E-state index contributed by atoms with van der Waals surface area (Å²) in [5, 5.41) is 5.13. The van der Waals surface area contributed by atoms with E-state index < -0.39 is 0 Å². The average molecular weight is 307 g/mol. The largest absolute Gasteiger partial charge is 0.493 e. The van der Waals surface area contributed by atoms with E-state index in [9.17, 15) is 9.59 Å². The van der Waals surface area contributed by atoms with Gasteiger partial charge in [0.1, 0.15) is 5.75 Å². The number of hydrogen-bond donors (Lipinski definition) is 3. The van der Waals surface area contributed by atoms with Crippen LogP contribution in [-0.2, 0) is 9.59 Å². The summed E-state index contributed by atoms with van der Waals surface area (Å²) in [5.41, 5.74) is 6.80. The van der Waals surface area contributed by atoms with Crippen molar-refractivity contribution < 1.29 is 14.3 Å². The highest BCUT2D eigenvalue weighted by Crippen LogP contribution is 2.23. The Labute approximate surface area is 131 Å². The number of nitrogens with two attached hydrogens (primary N) is 1. The molecule has 6 nitrogen and oxygen atoms in total. The lowest BCUT2D eigenvalue weighted by Crippen LogP contribution is -2.36. The van der Waals surface area contributed by atoms with Crippen LogP contribution in [0.2, 0.25) is 0 Å². The Morgan fingerprint density at radius 2 is 2.00 bits per heavy atom. The molecule has 0 spiro atoms. The van der Waals surface area contributed by atoms with Crippen LogP contribution in [0.5, 0.6) is 5.75 Å². The first-order valence-corrected chi connectivity index (χ1v) is 7.42. The summed E-state index contributed by atoms with van der Waals surface area (Å²) in [7, 11) is 0. The van der Waals surface area contributed by atoms with Gasteiger partial charge in [-0.05, 0) is 30.9 Å². The number of aryl methyl sites for hydroxylation is 1. The number of hydrogen-bond acceptors (Lipinski definition) is 4. The molecule has 22 heavy (non-hydrogen) atoms. The molecule has 0 unspecified atom stereocenters. The van der Waals surface area contributed by atoms with E-state index in [4.69, 9.17) is 10.5 Å². The fourth-order valence-electron chi connectivity index (χ4n) is 1.69. The second kappa shape index (κ2) is 9.04. The van der Waals surface area contributed by atoms with Crippen molar-refractivity contribution >= 4 is 17.5 Å². The highest BCUT2D eigenvalue weighted by atomic mass is 16.5. The summed E-state index contributed by atoms with van der Waals surface area (Å²) in [6.07, 6.45) is 0.973. The standard InChI is InChI=1S/C16H25N3O3/c1-11(2)6-7-22-14-8-13(5-4-12(14)3)19-16(21)10-18-15(20)9-17/h4-5,8,11H,6-7,9-10,17H2,1-3H3,(H,18,20)(H,19,21). The average Bonchev–Trinajstić information content (AvgIpc) is 2.47. The number of anilines is 1. The van der Waals surface area contributed by atoms with Gasteiger partial charge in [-0.15, -0.1) is 0 Å². The fraction of sp³-hybridized carbons (Fsp3) is 0.500. The molecule has 2 amide bonds. The minimum atomic E-state index is -0.364. The van der Waals surface area contributed by atoms with E-state index in [0.29, 0.717) is 18.2 Å². The molecule has 0 saturated heterocycles. The quantitative estimate of drug-likeness (QED) is 0.677. The minimum absolute atomic E-state index is 0.104. The van der Waals surface area contributed by atoms with Crippen LogP contribution in [0.3, 0.4) is 0 Å². The summed E-state index contributed by atoms with van der Waals surface area (Å²) in [4.78, 5) is 22.7. The maximum Gasteiger partial charge on any atom is 0.243 e. The normalized spacial score (nSPS) is 10.4. The molecule has 1 aromatic rings. The molecule has 0 aliphatic rings. The third kappa shape index (κ3) is 6.58. The SMILES string of the molecule is Cc1ccc(NC(=O)CNC(=O)CN)cc1OCCC(C)C. The summed E-state index contributed by atoms with van der Waals surface area (Å²) in [6.45, 7) is 6.64. The van der Waals surface area contributed by atoms with Gasteiger partial charge in [-0.3, -0.25) is 9.59 Å². The molecular formula is C16H25N3O3. The van der Waals surface area contributed by atoms with Crippen molar-refractivity contribution in [3.05, 3.63) is 23.8 Å². The molecule has 0 fully saturated rings. The number of benzene rings is 1. The third-order valence-electron chi connectivity index (χ3n) is 3.06. The third-order valence-corrected chi connectivity index (χ3v) is 3.06. The summed E-state index contributed by atoms with van der Waals surface area (Å²) in [5.74, 6) is 0.661. The second-order valence-electron chi connectivity index (χ2n) is 5.54. The zero-order chi connectivity index (χ0) is 16.5. The van der Waals surface area contributed by atoms with Crippen molar-refractivity contribution in [1.29, 1.82) is 0 Å². The Balaban J connectivity index is 2.56. The van der Waals surface area contributed by atoms with Crippen molar-refractivity contribution in [1.82, 2.24) is 5.32 Å². The van der Waals surface area contributed by atoms with E-state index >= 15 is 0 Å². The lowest BCUT2D eigenvalue weighted by Gasteiger charge is -2.13. The molecule has 0 aliphatic carbocycles. The Morgan fingerprint density at radius 1 is 1.27 bits per heavy atom. The topological polar surface area (TPSA) is 93.5 Å². The van der Waals surface area contributed by atoms with Gasteiger partial charge in [0.05, 0.1) is 19.7 Å². The van der Waals surface area contributed by atoms with Crippen LogP contribution in [0.15, 0.2) is 18.2 Å². The minimum Gasteiger partial charge on any atom is -0.493 e. The van der Waals surface area contributed by atoms with E-state index in [1.54, 1.807) is 12.1 Å². The van der Waals surface area contributed by atoms with Crippen molar-refractivity contribution in [2.45, 2.75) is 27.2 Å². The number of carbonyl (C=O) groups excluding carboxylic acids is 2. The van der Waals surface area contributed by atoms with Gasteiger partial charge in [-0.2, -0.15) is 0 Å². The molecule has 0 heterocycles. The Morgan fingerprint density at radius 3 is 2.64 bits per heavy atom. The summed E-state index contributed by atoms with van der Waals surface area (Å²) >= 11 is 0. The first kappa shape index (κ1) is 18.0. The van der Waals surface area contributed by atoms with E-state index in [1.807, 2.05) is 13.0 Å². The lowest BCUT2D eigenvalue weighted by atomic mass is 10.1. The van der Waals surface area contributed by atoms with Gasteiger partial charge >= 0.3 is 0 Å². The highest BCUT2D eigenvalue weighted by molar-refractivity contribution is 5.94. The van der Waals surface area contributed by atoms with Crippen molar-refractivity contribution in [3.63, 3.8) is 0 Å². The van der Waals surface area contributed by atoms with Crippen LogP contribution in [-0.4, -0.2) is 31.5 Å². The van der Waals surface area contributed by atoms with Gasteiger partial charge in [0.25, 0.3) is 0 Å². The fourth-order valence-corrected chi connectivity index (χ4v) is 1.69. The molecule has 0 radical (unpaired) electrons. The van der Waals surface area contributed by atoms with Crippen molar-refractivity contribution in [3.8, 4) is 5.75 Å². The molecule has 4 N–H and O–H groups in total. The predicted octanol–water partition coefficient (Wildman–Crippen LogP) is 1.43. The summed E-state index contributed by atoms with van der Waals surface area (Å²) in [6, 6.07) is 5.48. The molecular weight excluding hydrogens is 282 g/mol. The highest BCUT2D eigenvalue weighted by Gasteiger charge is 2.07. The van der Waals surface area contributed by atoms with Gasteiger partial charge in [0.2, 0.25) is 11.8 Å². The number of ether oxygens (including phenoxy) is 1. The maximum atomic E-state index is 11.7. The molecule has 1 aromatic carbocycles. The molecule has 1 rings (SSSR count). The van der Waals surface area contributed by atoms with E-state index in [0.717, 1.165) is 17.7 Å². The van der Waals surface area contributed by atoms with E-state index in [2.05, 4.69) is 24.5 Å². The Kier molecular flexibility index (Phi) is 7.39. The molecule has 0 saturated carbocycles. The Hall–Kier alpha value is -2.08. The first-order chi connectivity index (χ1) is 10.4. The number of nitrogens with one attached hydrogen (secondary N) is 2. The lowest BCUT2D eigenvalue weighted by molar-refractivity contribution is -0.123. The first-order valence-electron chi connectivity index (χ1n) is 7.42. The van der Waals surface area contributed by atoms with Crippen LogP contribution in [0.25, 0.3) is 0 Å². The molecule has 0 bridgehead atoms. The molecule has 6 heteroatoms. The summed E-state index contributed by atoms with van der Waals surface area (Å²) < 4.78 is 5.75. The van der Waals surface area contributed by atoms with Crippen LogP contribution in [0.4, 0.5) is 5.69 Å². The molecule has 0 aromatic heterocycles. The molecule has 0 atom stereocenters. The monoisotopic (exact) mass is 307 g/mol. The second-order valence-corrected chi connectivity index (χ2v) is 5.54. The van der Waals surface area contributed by atoms with Crippen molar-refractivity contribution in [2.75, 3.05) is 25.0 Å². The van der Waals surface area contributed by atoms with Crippen LogP contribution in [0.1, 0.15) is 25.8 Å². The van der Waals surface area contributed by atoms with Gasteiger partial charge in [-0.25, -0.2) is 0 Å². The smallest absolute Gasteiger partial charge is 0.243 e. The van der Waals surface area contributed by atoms with Crippen molar-refractivity contribution in [2.24, 2.45) is 11.7 Å². The number of amides is 2. The molecule has 0 aliphatic heterocycles. The predicted molar refractivity (Wildman–Crippen MR) is 86.8 cm³/mol. The zero-order valence-electron chi connectivity index (χ0n) is 13.4. The van der Waals surface area contributed by atoms with Gasteiger partial charge in [-0.1, -0.05) is 19.9 Å². The van der Waals surface area contributed by atoms with Gasteiger partial charge in [0, 0.05) is 11.8 Å². The van der Waals surface area contributed by atoms with Gasteiger partial charge in [0.15, 0.2) is 0 Å². The van der Waals surface area contributed by atoms with E-state index in [-0.39, 0.29) is 24.9 Å². The maximum absolute atomic E-state index is 11.7. The zero-order valence-corrected chi connectivity index (χ0v) is 13.4. The Bertz CT molecular complexity index is 515. The van der Waals surface area contributed by atoms with Gasteiger partial charge < -0.3 is 21.1 Å². The number of rotatable bonds is 8.